The van der Waals surface area contributed by atoms with Crippen molar-refractivity contribution in [1.29, 1.82) is 0 Å². The summed E-state index contributed by atoms with van der Waals surface area (Å²) in [5.74, 6) is 2.22. The Morgan fingerprint density at radius 3 is 2.64 bits per heavy atom. The first kappa shape index (κ1) is 18.3. The van der Waals surface area contributed by atoms with Crippen molar-refractivity contribution in [2.45, 2.75) is 64.6 Å². The summed E-state index contributed by atoms with van der Waals surface area (Å²) in [6, 6.07) is 0.414. The van der Waals surface area contributed by atoms with Crippen LogP contribution in [0.25, 0.3) is 0 Å². The summed E-state index contributed by atoms with van der Waals surface area (Å²) in [6.45, 7) is 7.82. The number of nitrogens with one attached hydrogen (secondary N) is 2. The fourth-order valence-corrected chi connectivity index (χ4v) is 5.55. The summed E-state index contributed by atoms with van der Waals surface area (Å²) in [7, 11) is 0. The number of amides is 2. The van der Waals surface area contributed by atoms with Crippen LogP contribution in [0.4, 0.5) is 0 Å². The SMILES string of the molecule is CC(=O)NNC(=O)CSc1nc(C)c(C)n1[C@@H](C)[C@@H]1C[C@H]2CC[C@H]1C2. The Hall–Kier alpha value is -1.50. The van der Waals surface area contributed by atoms with Gasteiger partial charge in [0.1, 0.15) is 0 Å². The maximum Gasteiger partial charge on any atom is 0.248 e. The van der Waals surface area contributed by atoms with E-state index in [0.717, 1.165) is 28.6 Å². The first-order valence-corrected chi connectivity index (χ1v) is 10.1. The summed E-state index contributed by atoms with van der Waals surface area (Å²) in [6.07, 6.45) is 5.49. The lowest BCUT2D eigenvalue weighted by molar-refractivity contribution is -0.126. The smallest absolute Gasteiger partial charge is 0.248 e. The van der Waals surface area contributed by atoms with E-state index in [1.54, 1.807) is 0 Å². The van der Waals surface area contributed by atoms with Crippen LogP contribution in [-0.4, -0.2) is 27.1 Å². The molecule has 7 heteroatoms. The number of hydrogen-bond acceptors (Lipinski definition) is 4. The predicted molar refractivity (Wildman–Crippen MR) is 98.0 cm³/mol. The molecule has 1 aromatic rings. The van der Waals surface area contributed by atoms with E-state index in [4.69, 9.17) is 4.98 Å². The van der Waals surface area contributed by atoms with Crippen LogP contribution >= 0.6 is 11.8 Å². The molecule has 2 saturated carbocycles. The highest BCUT2D eigenvalue weighted by Crippen LogP contribution is 2.52. The Kier molecular flexibility index (Phi) is 5.41. The van der Waals surface area contributed by atoms with Gasteiger partial charge in [0.15, 0.2) is 5.16 Å². The Bertz CT molecular complexity index is 672. The molecule has 1 aromatic heterocycles. The number of thioether (sulfide) groups is 1. The molecule has 2 bridgehead atoms. The van der Waals surface area contributed by atoms with Gasteiger partial charge in [0.25, 0.3) is 0 Å². The van der Waals surface area contributed by atoms with Crippen molar-refractivity contribution in [2.75, 3.05) is 5.75 Å². The topological polar surface area (TPSA) is 76.0 Å². The number of nitrogens with zero attached hydrogens (tertiary/aromatic N) is 2. The number of aryl methyl sites for hydroxylation is 1. The van der Waals surface area contributed by atoms with E-state index < -0.39 is 0 Å². The van der Waals surface area contributed by atoms with E-state index in [1.165, 1.54) is 50.1 Å². The van der Waals surface area contributed by atoms with Gasteiger partial charge in [-0.2, -0.15) is 0 Å². The second-order valence-corrected chi connectivity index (χ2v) is 8.48. The molecular formula is C18H28N4O2S. The third kappa shape index (κ3) is 3.86. The lowest BCUT2D eigenvalue weighted by Crippen LogP contribution is -2.41. The Morgan fingerprint density at radius 2 is 2.04 bits per heavy atom. The van der Waals surface area contributed by atoms with Crippen LogP contribution in [0.3, 0.4) is 0 Å². The van der Waals surface area contributed by atoms with Crippen molar-refractivity contribution in [3.05, 3.63) is 11.4 Å². The molecule has 138 valence electrons. The summed E-state index contributed by atoms with van der Waals surface area (Å²) in [5.41, 5.74) is 6.94. The predicted octanol–water partition coefficient (Wildman–Crippen LogP) is 2.76. The van der Waals surface area contributed by atoms with Gasteiger partial charge in [-0.1, -0.05) is 18.2 Å². The summed E-state index contributed by atoms with van der Waals surface area (Å²) in [5, 5.41) is 0.906. The molecule has 2 amide bonds. The standard InChI is InChI=1S/C18H28N4O2S/c1-10-11(2)22(12(3)16-8-14-5-6-15(16)7-14)18(19-10)25-9-17(24)21-20-13(4)23/h12,14-16H,5-9H2,1-4H3,(H,20,23)(H,21,24)/t12-,14-,15-,16-/m0/s1. The van der Waals surface area contributed by atoms with Crippen molar-refractivity contribution >= 4 is 23.6 Å². The highest BCUT2D eigenvalue weighted by atomic mass is 32.2. The molecular weight excluding hydrogens is 336 g/mol. The van der Waals surface area contributed by atoms with E-state index in [1.807, 2.05) is 6.92 Å². The maximum atomic E-state index is 11.9. The Morgan fingerprint density at radius 1 is 1.28 bits per heavy atom. The monoisotopic (exact) mass is 364 g/mol. The van der Waals surface area contributed by atoms with Crippen LogP contribution in [0.1, 0.15) is 57.0 Å². The molecule has 2 N–H and O–H groups in total. The molecule has 25 heavy (non-hydrogen) atoms. The van der Waals surface area contributed by atoms with Crippen molar-refractivity contribution < 1.29 is 9.59 Å². The van der Waals surface area contributed by atoms with Gasteiger partial charge in [-0.25, -0.2) is 4.98 Å². The van der Waals surface area contributed by atoms with Crippen molar-refractivity contribution in [3.63, 3.8) is 0 Å². The third-order valence-corrected chi connectivity index (χ3v) is 6.84. The number of aromatic nitrogens is 2. The van der Waals surface area contributed by atoms with Crippen LogP contribution in [0.2, 0.25) is 0 Å². The second kappa shape index (κ2) is 7.40. The first-order chi connectivity index (χ1) is 11.9. The van der Waals surface area contributed by atoms with Gasteiger partial charge in [0.05, 0.1) is 11.4 Å². The second-order valence-electron chi connectivity index (χ2n) is 7.53. The number of fused-ring (bicyclic) bond motifs is 2. The molecule has 0 saturated heterocycles. The van der Waals surface area contributed by atoms with Gasteiger partial charge in [-0.3, -0.25) is 20.4 Å². The maximum absolute atomic E-state index is 11.9. The molecule has 1 heterocycles. The van der Waals surface area contributed by atoms with Gasteiger partial charge in [0, 0.05) is 18.7 Å². The number of hydrazine groups is 1. The Labute approximate surface area is 153 Å². The minimum absolute atomic E-state index is 0.224. The van der Waals surface area contributed by atoms with E-state index in [-0.39, 0.29) is 17.6 Å². The van der Waals surface area contributed by atoms with Crippen molar-refractivity contribution in [2.24, 2.45) is 17.8 Å². The molecule has 0 aliphatic heterocycles. The van der Waals surface area contributed by atoms with Crippen LogP contribution in [0, 0.1) is 31.6 Å². The van der Waals surface area contributed by atoms with Crippen LogP contribution in [0.15, 0.2) is 5.16 Å². The minimum atomic E-state index is -0.281. The summed E-state index contributed by atoms with van der Waals surface area (Å²) < 4.78 is 2.33. The molecule has 2 aliphatic carbocycles. The molecule has 4 atom stereocenters. The average molecular weight is 365 g/mol. The molecule has 0 unspecified atom stereocenters. The lowest BCUT2D eigenvalue weighted by Gasteiger charge is -2.30. The molecule has 3 rings (SSSR count). The quantitative estimate of drug-likeness (QED) is 0.622. The zero-order chi connectivity index (χ0) is 18.1. The number of carbonyl (C=O) groups excluding carboxylic acids is 2. The minimum Gasteiger partial charge on any atom is -0.320 e. The van der Waals surface area contributed by atoms with Gasteiger partial charge >= 0.3 is 0 Å². The van der Waals surface area contributed by atoms with Gasteiger partial charge < -0.3 is 4.57 Å². The zero-order valence-corrected chi connectivity index (χ0v) is 16.3. The van der Waals surface area contributed by atoms with Gasteiger partial charge in [-0.05, 0) is 57.8 Å². The third-order valence-electron chi connectivity index (χ3n) is 5.88. The van der Waals surface area contributed by atoms with E-state index in [2.05, 4.69) is 29.3 Å². The largest absolute Gasteiger partial charge is 0.320 e. The number of carbonyl (C=O) groups is 2. The molecule has 6 nitrogen and oxygen atoms in total. The molecule has 0 aromatic carbocycles. The molecule has 0 spiro atoms. The van der Waals surface area contributed by atoms with Crippen molar-refractivity contribution in [3.8, 4) is 0 Å². The van der Waals surface area contributed by atoms with E-state index in [0.29, 0.717) is 6.04 Å². The number of rotatable bonds is 5. The highest BCUT2D eigenvalue weighted by Gasteiger charge is 2.43. The lowest BCUT2D eigenvalue weighted by atomic mass is 9.84. The molecule has 2 aliphatic rings. The molecule has 2 fully saturated rings. The molecule has 0 radical (unpaired) electrons. The van der Waals surface area contributed by atoms with Crippen LogP contribution in [0.5, 0.6) is 0 Å². The zero-order valence-electron chi connectivity index (χ0n) is 15.5. The fourth-order valence-electron chi connectivity index (χ4n) is 4.58. The normalized spacial score (nSPS) is 25.8. The Balaban J connectivity index is 1.69. The van der Waals surface area contributed by atoms with Crippen LogP contribution in [-0.2, 0) is 9.59 Å². The fraction of sp³-hybridized carbons (Fsp3) is 0.722. The highest BCUT2D eigenvalue weighted by molar-refractivity contribution is 7.99. The van der Waals surface area contributed by atoms with Crippen molar-refractivity contribution in [1.82, 2.24) is 20.4 Å². The number of imidazole rings is 1. The van der Waals surface area contributed by atoms with Crippen LogP contribution < -0.4 is 10.9 Å². The number of hydrogen-bond donors (Lipinski definition) is 2. The summed E-state index contributed by atoms with van der Waals surface area (Å²) >= 11 is 1.44. The van der Waals surface area contributed by atoms with E-state index >= 15 is 0 Å². The van der Waals surface area contributed by atoms with Gasteiger partial charge in [0.2, 0.25) is 11.8 Å². The first-order valence-electron chi connectivity index (χ1n) is 9.10. The summed E-state index contributed by atoms with van der Waals surface area (Å²) in [4.78, 5) is 27.4. The average Bonchev–Trinajstić information content (AvgIpc) is 3.26. The van der Waals surface area contributed by atoms with Gasteiger partial charge in [-0.15, -0.1) is 0 Å². The van der Waals surface area contributed by atoms with E-state index in [9.17, 15) is 9.59 Å².